The van der Waals surface area contributed by atoms with Crippen molar-refractivity contribution in [1.82, 2.24) is 24.5 Å². The van der Waals surface area contributed by atoms with Crippen LogP contribution < -0.4 is 0 Å². The molecule has 0 spiro atoms. The number of carbonyl (C=O) groups is 1. The molecule has 2 aromatic heterocycles. The lowest BCUT2D eigenvalue weighted by Crippen LogP contribution is -2.33. The first-order chi connectivity index (χ1) is 9.93. The Morgan fingerprint density at radius 1 is 1.52 bits per heavy atom. The zero-order valence-electron chi connectivity index (χ0n) is 12.7. The van der Waals surface area contributed by atoms with Crippen LogP contribution in [0.5, 0.6) is 0 Å². The number of carbonyl (C=O) groups excluding carboxylic acids is 1. The number of hydrogen-bond donors (Lipinski definition) is 0. The van der Waals surface area contributed by atoms with Gasteiger partial charge in [-0.25, -0.2) is 0 Å². The van der Waals surface area contributed by atoms with Gasteiger partial charge in [0, 0.05) is 31.7 Å². The molecule has 0 aliphatic carbocycles. The van der Waals surface area contributed by atoms with Crippen molar-refractivity contribution in [2.45, 2.75) is 39.9 Å². The zero-order valence-corrected chi connectivity index (χ0v) is 14.3. The van der Waals surface area contributed by atoms with Gasteiger partial charge in [-0.1, -0.05) is 0 Å². The van der Waals surface area contributed by atoms with E-state index in [1.165, 1.54) is 0 Å². The van der Waals surface area contributed by atoms with Crippen molar-refractivity contribution in [1.29, 1.82) is 0 Å². The highest BCUT2D eigenvalue weighted by atomic mass is 79.9. The van der Waals surface area contributed by atoms with Gasteiger partial charge in [0.2, 0.25) is 5.91 Å². The summed E-state index contributed by atoms with van der Waals surface area (Å²) in [6.45, 7) is 7.10. The molecule has 114 valence electrons. The summed E-state index contributed by atoms with van der Waals surface area (Å²) in [7, 11) is 1.79. The molecule has 0 aliphatic heterocycles. The maximum atomic E-state index is 12.5. The Bertz CT molecular complexity index is 633. The van der Waals surface area contributed by atoms with Crippen LogP contribution in [0.15, 0.2) is 22.9 Å². The molecule has 0 radical (unpaired) electrons. The number of aryl methyl sites for hydroxylation is 2. The van der Waals surface area contributed by atoms with Crippen LogP contribution in [0.4, 0.5) is 0 Å². The standard InChI is InChI=1S/C14H20BrN5O/c1-5-19-8-12(15)13(17-19)9-18(4)14(21)11(3)20-10(2)6-7-16-20/h6-8,11H,5,9H2,1-4H3. The van der Waals surface area contributed by atoms with Crippen molar-refractivity contribution >= 4 is 21.8 Å². The van der Waals surface area contributed by atoms with Crippen molar-refractivity contribution in [3.63, 3.8) is 0 Å². The predicted molar refractivity (Wildman–Crippen MR) is 83.8 cm³/mol. The fourth-order valence-electron chi connectivity index (χ4n) is 2.22. The van der Waals surface area contributed by atoms with E-state index in [-0.39, 0.29) is 11.9 Å². The fourth-order valence-corrected chi connectivity index (χ4v) is 2.66. The van der Waals surface area contributed by atoms with Crippen LogP contribution in [0.2, 0.25) is 0 Å². The largest absolute Gasteiger partial charge is 0.338 e. The Labute approximate surface area is 132 Å². The Balaban J connectivity index is 2.09. The van der Waals surface area contributed by atoms with Gasteiger partial charge < -0.3 is 4.90 Å². The Kier molecular flexibility index (Phi) is 4.82. The van der Waals surface area contributed by atoms with Gasteiger partial charge in [-0.3, -0.25) is 14.2 Å². The lowest BCUT2D eigenvalue weighted by Gasteiger charge is -2.21. The number of hydrogen-bond acceptors (Lipinski definition) is 3. The van der Waals surface area contributed by atoms with E-state index in [2.05, 4.69) is 26.1 Å². The number of nitrogens with zero attached hydrogens (tertiary/aromatic N) is 5. The summed E-state index contributed by atoms with van der Waals surface area (Å²) in [5.74, 6) is 0.0137. The smallest absolute Gasteiger partial charge is 0.247 e. The van der Waals surface area contributed by atoms with E-state index >= 15 is 0 Å². The van der Waals surface area contributed by atoms with Gasteiger partial charge in [0.25, 0.3) is 0 Å². The van der Waals surface area contributed by atoms with E-state index in [9.17, 15) is 4.79 Å². The second-order valence-electron chi connectivity index (χ2n) is 5.07. The third kappa shape index (κ3) is 3.34. The summed E-state index contributed by atoms with van der Waals surface area (Å²) in [6, 6.07) is 1.57. The molecule has 0 N–H and O–H groups in total. The fraction of sp³-hybridized carbons (Fsp3) is 0.500. The quantitative estimate of drug-likeness (QED) is 0.829. The number of rotatable bonds is 5. The molecule has 0 saturated heterocycles. The van der Waals surface area contributed by atoms with E-state index < -0.39 is 0 Å². The van der Waals surface area contributed by atoms with Gasteiger partial charge >= 0.3 is 0 Å². The normalized spacial score (nSPS) is 12.4. The van der Waals surface area contributed by atoms with E-state index in [0.717, 1.165) is 22.4 Å². The van der Waals surface area contributed by atoms with Crippen LogP contribution >= 0.6 is 15.9 Å². The highest BCUT2D eigenvalue weighted by molar-refractivity contribution is 9.10. The topological polar surface area (TPSA) is 56.0 Å². The first kappa shape index (κ1) is 15.8. The van der Waals surface area contributed by atoms with Crippen LogP contribution in [-0.4, -0.2) is 37.4 Å². The molecule has 2 aromatic rings. The third-order valence-corrected chi connectivity index (χ3v) is 4.13. The summed E-state index contributed by atoms with van der Waals surface area (Å²) in [6.07, 6.45) is 3.63. The molecular formula is C14H20BrN5O. The second-order valence-corrected chi connectivity index (χ2v) is 5.92. The lowest BCUT2D eigenvalue weighted by molar-refractivity contribution is -0.133. The highest BCUT2D eigenvalue weighted by Gasteiger charge is 2.22. The van der Waals surface area contributed by atoms with E-state index in [0.29, 0.717) is 6.54 Å². The third-order valence-electron chi connectivity index (χ3n) is 3.47. The maximum Gasteiger partial charge on any atom is 0.247 e. The molecule has 0 aromatic carbocycles. The van der Waals surface area contributed by atoms with Gasteiger partial charge in [0.05, 0.1) is 16.7 Å². The second kappa shape index (κ2) is 6.43. The monoisotopic (exact) mass is 353 g/mol. The molecule has 2 heterocycles. The molecular weight excluding hydrogens is 334 g/mol. The van der Waals surface area contributed by atoms with Crippen molar-refractivity contribution in [2.24, 2.45) is 0 Å². The number of halogens is 1. The van der Waals surface area contributed by atoms with Gasteiger partial charge in [0.1, 0.15) is 6.04 Å². The molecule has 2 rings (SSSR count). The van der Waals surface area contributed by atoms with Gasteiger partial charge in [0.15, 0.2) is 0 Å². The first-order valence-corrected chi connectivity index (χ1v) is 7.70. The van der Waals surface area contributed by atoms with Crippen molar-refractivity contribution in [2.75, 3.05) is 7.05 Å². The number of amides is 1. The molecule has 1 atom stereocenters. The van der Waals surface area contributed by atoms with Crippen LogP contribution in [-0.2, 0) is 17.9 Å². The van der Waals surface area contributed by atoms with Crippen molar-refractivity contribution in [3.8, 4) is 0 Å². The molecule has 0 fully saturated rings. The van der Waals surface area contributed by atoms with Crippen LogP contribution in [0, 0.1) is 6.92 Å². The van der Waals surface area contributed by atoms with Crippen molar-refractivity contribution in [3.05, 3.63) is 34.3 Å². The molecule has 21 heavy (non-hydrogen) atoms. The van der Waals surface area contributed by atoms with Crippen LogP contribution in [0.25, 0.3) is 0 Å². The summed E-state index contributed by atoms with van der Waals surface area (Å²) < 4.78 is 4.50. The molecule has 0 bridgehead atoms. The summed E-state index contributed by atoms with van der Waals surface area (Å²) in [5.41, 5.74) is 1.83. The highest BCUT2D eigenvalue weighted by Crippen LogP contribution is 2.18. The maximum absolute atomic E-state index is 12.5. The molecule has 1 unspecified atom stereocenters. The lowest BCUT2D eigenvalue weighted by atomic mass is 10.2. The summed E-state index contributed by atoms with van der Waals surface area (Å²) >= 11 is 3.48. The Morgan fingerprint density at radius 3 is 2.76 bits per heavy atom. The zero-order chi connectivity index (χ0) is 15.6. The Hall–Kier alpha value is -1.63. The number of aromatic nitrogens is 4. The first-order valence-electron chi connectivity index (χ1n) is 6.91. The summed E-state index contributed by atoms with van der Waals surface area (Å²) in [5, 5.41) is 8.65. The van der Waals surface area contributed by atoms with Crippen LogP contribution in [0.1, 0.15) is 31.3 Å². The van der Waals surface area contributed by atoms with E-state index in [1.54, 1.807) is 22.8 Å². The summed E-state index contributed by atoms with van der Waals surface area (Å²) in [4.78, 5) is 14.2. The molecule has 1 amide bonds. The minimum absolute atomic E-state index is 0.0137. The van der Waals surface area contributed by atoms with Crippen molar-refractivity contribution < 1.29 is 4.79 Å². The van der Waals surface area contributed by atoms with E-state index in [4.69, 9.17) is 0 Å². The average Bonchev–Trinajstić information content (AvgIpc) is 3.03. The minimum atomic E-state index is -0.322. The van der Waals surface area contributed by atoms with Gasteiger partial charge in [-0.05, 0) is 42.8 Å². The SMILES string of the molecule is CCn1cc(Br)c(CN(C)C(=O)C(C)n2nccc2C)n1. The minimum Gasteiger partial charge on any atom is -0.338 e. The molecule has 0 aliphatic rings. The molecule has 0 saturated carbocycles. The molecule has 6 nitrogen and oxygen atoms in total. The average molecular weight is 354 g/mol. The Morgan fingerprint density at radius 2 is 2.24 bits per heavy atom. The van der Waals surface area contributed by atoms with Crippen LogP contribution in [0.3, 0.4) is 0 Å². The predicted octanol–water partition coefficient (Wildman–Crippen LogP) is 2.39. The van der Waals surface area contributed by atoms with Gasteiger partial charge in [-0.15, -0.1) is 0 Å². The number of likely N-dealkylation sites (N-methyl/N-ethyl adjacent to an activating group) is 1. The van der Waals surface area contributed by atoms with E-state index in [1.807, 2.05) is 37.7 Å². The molecule has 7 heteroatoms. The van der Waals surface area contributed by atoms with Gasteiger partial charge in [-0.2, -0.15) is 10.2 Å².